The van der Waals surface area contributed by atoms with Crippen molar-refractivity contribution in [3.05, 3.63) is 28.8 Å². The number of benzene rings is 1. The molecule has 0 aliphatic heterocycles. The largest absolute Gasteiger partial charge is 0.459 e. The van der Waals surface area contributed by atoms with E-state index in [-0.39, 0.29) is 12.5 Å². The number of nitrogens with one attached hydrogen (secondary N) is 1. The first-order chi connectivity index (χ1) is 7.79. The maximum atomic E-state index is 11.5. The molecule has 0 atom stereocenters. The van der Waals surface area contributed by atoms with Gasteiger partial charge in [-0.2, -0.15) is 0 Å². The predicted molar refractivity (Wildman–Crippen MR) is 70.5 cm³/mol. The van der Waals surface area contributed by atoms with Crippen molar-refractivity contribution in [3.63, 3.8) is 0 Å². The van der Waals surface area contributed by atoms with Gasteiger partial charge in [-0.3, -0.25) is 4.79 Å². The first-order valence-corrected chi connectivity index (χ1v) is 5.88. The number of esters is 1. The highest BCUT2D eigenvalue weighted by atomic mass is 35.5. The van der Waals surface area contributed by atoms with E-state index in [1.54, 1.807) is 6.07 Å². The lowest BCUT2D eigenvalue weighted by Gasteiger charge is -2.20. The second-order valence-electron chi connectivity index (χ2n) is 4.87. The third-order valence-electron chi connectivity index (χ3n) is 2.05. The molecule has 0 unspecified atom stereocenters. The molecule has 1 rings (SSSR count). The summed E-state index contributed by atoms with van der Waals surface area (Å²) >= 11 is 6.03. The van der Waals surface area contributed by atoms with Crippen LogP contribution in [-0.2, 0) is 9.53 Å². The highest BCUT2D eigenvalue weighted by molar-refractivity contribution is 6.33. The predicted octanol–water partition coefficient (Wildman–Crippen LogP) is 3.40. The first kappa shape index (κ1) is 13.8. The quantitative estimate of drug-likeness (QED) is 0.842. The topological polar surface area (TPSA) is 38.3 Å². The molecule has 0 saturated carbocycles. The van der Waals surface area contributed by atoms with E-state index in [2.05, 4.69) is 5.32 Å². The Bertz CT molecular complexity index is 390. The van der Waals surface area contributed by atoms with Gasteiger partial charge in [-0.25, -0.2) is 0 Å². The van der Waals surface area contributed by atoms with Crippen LogP contribution in [0.1, 0.15) is 26.3 Å². The average molecular weight is 256 g/mol. The Hall–Kier alpha value is -1.22. The molecule has 3 nitrogen and oxygen atoms in total. The lowest BCUT2D eigenvalue weighted by atomic mass is 10.2. The van der Waals surface area contributed by atoms with E-state index >= 15 is 0 Å². The highest BCUT2D eigenvalue weighted by Gasteiger charge is 2.16. The van der Waals surface area contributed by atoms with Crippen LogP contribution in [0.2, 0.25) is 5.02 Å². The van der Waals surface area contributed by atoms with Gasteiger partial charge in [-0.05, 0) is 39.3 Å². The van der Waals surface area contributed by atoms with Crippen LogP contribution in [0.5, 0.6) is 0 Å². The van der Waals surface area contributed by atoms with Crippen LogP contribution in [0.3, 0.4) is 0 Å². The van der Waals surface area contributed by atoms with Gasteiger partial charge >= 0.3 is 5.97 Å². The van der Waals surface area contributed by atoms with Crippen LogP contribution in [-0.4, -0.2) is 18.1 Å². The van der Waals surface area contributed by atoms with Gasteiger partial charge in [0.05, 0.1) is 10.7 Å². The third kappa shape index (κ3) is 4.65. The van der Waals surface area contributed by atoms with E-state index in [9.17, 15) is 4.79 Å². The molecule has 1 N–H and O–H groups in total. The molecule has 0 saturated heterocycles. The molecule has 0 radical (unpaired) electrons. The molecule has 0 spiro atoms. The number of hydrogen-bond acceptors (Lipinski definition) is 3. The zero-order valence-corrected chi connectivity index (χ0v) is 11.4. The van der Waals surface area contributed by atoms with Crippen molar-refractivity contribution in [3.8, 4) is 0 Å². The summed E-state index contributed by atoms with van der Waals surface area (Å²) in [5.41, 5.74) is 1.31. The molecule has 4 heteroatoms. The van der Waals surface area contributed by atoms with E-state index < -0.39 is 5.60 Å². The Balaban J connectivity index is 2.59. The molecule has 0 aliphatic rings. The SMILES string of the molecule is Cc1cccc(Cl)c1NCC(=O)OC(C)(C)C. The lowest BCUT2D eigenvalue weighted by molar-refractivity contribution is -0.152. The molecule has 1 aromatic rings. The Morgan fingerprint density at radius 3 is 2.59 bits per heavy atom. The molecule has 0 fully saturated rings. The molecule has 0 bridgehead atoms. The Morgan fingerprint density at radius 2 is 2.06 bits per heavy atom. The fraction of sp³-hybridized carbons (Fsp3) is 0.462. The summed E-state index contributed by atoms with van der Waals surface area (Å²) in [7, 11) is 0. The minimum Gasteiger partial charge on any atom is -0.459 e. The van der Waals surface area contributed by atoms with Crippen LogP contribution in [0, 0.1) is 6.92 Å². The number of anilines is 1. The minimum atomic E-state index is -0.464. The number of aryl methyl sites for hydroxylation is 1. The van der Waals surface area contributed by atoms with E-state index in [0.717, 1.165) is 11.3 Å². The van der Waals surface area contributed by atoms with Gasteiger partial charge in [-0.1, -0.05) is 23.7 Å². The van der Waals surface area contributed by atoms with Gasteiger partial charge < -0.3 is 10.1 Å². The van der Waals surface area contributed by atoms with E-state index in [1.165, 1.54) is 0 Å². The van der Waals surface area contributed by atoms with E-state index in [0.29, 0.717) is 5.02 Å². The number of hydrogen-bond donors (Lipinski definition) is 1. The number of carbonyl (C=O) groups excluding carboxylic acids is 1. The molecule has 0 amide bonds. The number of carbonyl (C=O) groups is 1. The van der Waals surface area contributed by atoms with E-state index in [4.69, 9.17) is 16.3 Å². The van der Waals surface area contributed by atoms with Crippen molar-refractivity contribution in [2.24, 2.45) is 0 Å². The number of halogens is 1. The smallest absolute Gasteiger partial charge is 0.325 e. The van der Waals surface area contributed by atoms with Gasteiger partial charge in [0.25, 0.3) is 0 Å². The van der Waals surface area contributed by atoms with Crippen LogP contribution in [0.15, 0.2) is 18.2 Å². The van der Waals surface area contributed by atoms with Crippen LogP contribution in [0.4, 0.5) is 5.69 Å². The standard InChI is InChI=1S/C13H18ClNO2/c1-9-6-5-7-10(14)12(9)15-8-11(16)17-13(2,3)4/h5-7,15H,8H2,1-4H3. The van der Waals surface area contributed by atoms with Gasteiger partial charge in [-0.15, -0.1) is 0 Å². The summed E-state index contributed by atoms with van der Waals surface area (Å²) in [5.74, 6) is -0.295. The zero-order chi connectivity index (χ0) is 13.1. The average Bonchev–Trinajstić information content (AvgIpc) is 2.14. The second-order valence-corrected chi connectivity index (χ2v) is 5.28. The fourth-order valence-corrected chi connectivity index (χ4v) is 1.68. The summed E-state index contributed by atoms with van der Waals surface area (Å²) in [5, 5.41) is 3.60. The molecule has 0 aliphatic carbocycles. The third-order valence-corrected chi connectivity index (χ3v) is 2.37. The van der Waals surface area contributed by atoms with Crippen molar-refractivity contribution in [2.75, 3.05) is 11.9 Å². The van der Waals surface area contributed by atoms with Gasteiger partial charge in [0.15, 0.2) is 0 Å². The van der Waals surface area contributed by atoms with Gasteiger partial charge in [0.2, 0.25) is 0 Å². The maximum absolute atomic E-state index is 11.5. The van der Waals surface area contributed by atoms with E-state index in [1.807, 2.05) is 39.8 Å². The summed E-state index contributed by atoms with van der Waals surface area (Å²) in [6.45, 7) is 7.56. The Morgan fingerprint density at radius 1 is 1.41 bits per heavy atom. The maximum Gasteiger partial charge on any atom is 0.325 e. The number of rotatable bonds is 3. The van der Waals surface area contributed by atoms with Crippen molar-refractivity contribution in [1.82, 2.24) is 0 Å². The van der Waals surface area contributed by atoms with Crippen LogP contribution < -0.4 is 5.32 Å². The van der Waals surface area contributed by atoms with Crippen molar-refractivity contribution >= 4 is 23.3 Å². The molecular weight excluding hydrogens is 238 g/mol. The molecule has 0 aromatic heterocycles. The molecule has 0 heterocycles. The van der Waals surface area contributed by atoms with Crippen molar-refractivity contribution in [2.45, 2.75) is 33.3 Å². The molecule has 94 valence electrons. The minimum absolute atomic E-state index is 0.113. The van der Waals surface area contributed by atoms with Crippen molar-refractivity contribution < 1.29 is 9.53 Å². The monoisotopic (exact) mass is 255 g/mol. The van der Waals surface area contributed by atoms with Gasteiger partial charge in [0, 0.05) is 0 Å². The number of para-hydroxylation sites is 1. The summed E-state index contributed by atoms with van der Waals surface area (Å²) in [6, 6.07) is 5.59. The van der Waals surface area contributed by atoms with Gasteiger partial charge in [0.1, 0.15) is 12.1 Å². The zero-order valence-electron chi connectivity index (χ0n) is 10.6. The Labute approximate surface area is 107 Å². The summed E-state index contributed by atoms with van der Waals surface area (Å²) < 4.78 is 5.19. The Kier molecular flexibility index (Phi) is 4.40. The van der Waals surface area contributed by atoms with Crippen LogP contribution in [0.25, 0.3) is 0 Å². The normalized spacial score (nSPS) is 11.1. The molecule has 1 aromatic carbocycles. The fourth-order valence-electron chi connectivity index (χ4n) is 1.39. The molecule has 17 heavy (non-hydrogen) atoms. The second kappa shape index (κ2) is 5.41. The lowest BCUT2D eigenvalue weighted by Crippen LogP contribution is -2.28. The number of ether oxygens (including phenoxy) is 1. The summed E-state index contributed by atoms with van der Waals surface area (Å²) in [6.07, 6.45) is 0. The van der Waals surface area contributed by atoms with Crippen molar-refractivity contribution in [1.29, 1.82) is 0 Å². The van der Waals surface area contributed by atoms with Crippen LogP contribution >= 0.6 is 11.6 Å². The highest BCUT2D eigenvalue weighted by Crippen LogP contribution is 2.24. The summed E-state index contributed by atoms with van der Waals surface area (Å²) in [4.78, 5) is 11.5. The molecular formula is C13H18ClNO2. The first-order valence-electron chi connectivity index (χ1n) is 5.50.